The summed E-state index contributed by atoms with van der Waals surface area (Å²) in [7, 11) is 1.56. The summed E-state index contributed by atoms with van der Waals surface area (Å²) in [5, 5.41) is 2.91. The molecule has 1 saturated heterocycles. The van der Waals surface area contributed by atoms with E-state index in [0.717, 1.165) is 29.9 Å². The highest BCUT2D eigenvalue weighted by molar-refractivity contribution is 7.09. The van der Waals surface area contributed by atoms with Crippen LogP contribution in [-0.2, 0) is 16.1 Å². The molecule has 1 aromatic carbocycles. The Morgan fingerprint density at radius 2 is 2.00 bits per heavy atom. The molecule has 11 nitrogen and oxygen atoms in total. The zero-order valence-corrected chi connectivity index (χ0v) is 21.4. The monoisotopic (exact) mass is 527 g/mol. The number of carbonyl (C=O) groups is 3. The molecule has 0 aliphatic carbocycles. The second-order valence-electron chi connectivity index (χ2n) is 8.65. The minimum Gasteiger partial charge on any atom is -0.497 e. The first-order valence-corrected chi connectivity index (χ1v) is 12.5. The van der Waals surface area contributed by atoms with Crippen LogP contribution in [0.3, 0.4) is 0 Å². The van der Waals surface area contributed by atoms with Crippen molar-refractivity contribution in [3.05, 3.63) is 64.1 Å². The van der Waals surface area contributed by atoms with Gasteiger partial charge in [0, 0.05) is 19.7 Å². The molecule has 12 heteroatoms. The fourth-order valence-electron chi connectivity index (χ4n) is 4.11. The number of benzene rings is 1. The van der Waals surface area contributed by atoms with Crippen LogP contribution in [0.2, 0.25) is 0 Å². The van der Waals surface area contributed by atoms with Crippen molar-refractivity contribution in [1.29, 1.82) is 0 Å². The lowest BCUT2D eigenvalue weighted by Crippen LogP contribution is -2.45. The normalized spacial score (nSPS) is 15.8. The highest BCUT2D eigenvalue weighted by atomic mass is 32.1. The fourth-order valence-corrected chi connectivity index (χ4v) is 4.87. The van der Waals surface area contributed by atoms with Gasteiger partial charge in [-0.2, -0.15) is 4.37 Å². The fraction of sp³-hybridized carbons (Fsp3) is 0.360. The van der Waals surface area contributed by atoms with Gasteiger partial charge in [0.2, 0.25) is 0 Å². The SMILES string of the molecule is COc1ccc(CN(C(=O)c2snc(C(N)=O)c2N)[C@H](C(=O)NC[C@H]2CCCO2)c2ccc(C)o2)cc1. The third-order valence-electron chi connectivity index (χ3n) is 6.05. The number of nitrogens with zero attached hydrogens (tertiary/aromatic N) is 2. The predicted molar refractivity (Wildman–Crippen MR) is 136 cm³/mol. The Bertz CT molecular complexity index is 1260. The molecular weight excluding hydrogens is 498 g/mol. The molecule has 0 bridgehead atoms. The lowest BCUT2D eigenvalue weighted by molar-refractivity contribution is -0.127. The summed E-state index contributed by atoms with van der Waals surface area (Å²) in [6.07, 6.45) is 1.67. The number of furan rings is 1. The third-order valence-corrected chi connectivity index (χ3v) is 6.90. The average molecular weight is 528 g/mol. The number of aromatic nitrogens is 1. The Morgan fingerprint density at radius 1 is 1.24 bits per heavy atom. The number of nitrogens with one attached hydrogen (secondary N) is 1. The number of hydrogen-bond donors (Lipinski definition) is 3. The van der Waals surface area contributed by atoms with Crippen molar-refractivity contribution in [3.63, 3.8) is 0 Å². The minimum atomic E-state index is -1.14. The molecular formula is C25H29N5O6S. The average Bonchev–Trinajstić information content (AvgIpc) is 3.64. The van der Waals surface area contributed by atoms with Crippen LogP contribution in [0.15, 0.2) is 40.8 Å². The highest BCUT2D eigenvalue weighted by Gasteiger charge is 2.37. The van der Waals surface area contributed by atoms with Gasteiger partial charge in [0.15, 0.2) is 11.7 Å². The van der Waals surface area contributed by atoms with Crippen LogP contribution in [-0.4, -0.2) is 53.4 Å². The van der Waals surface area contributed by atoms with Gasteiger partial charge < -0.3 is 35.6 Å². The van der Waals surface area contributed by atoms with E-state index in [2.05, 4.69) is 9.69 Å². The van der Waals surface area contributed by atoms with Crippen molar-refractivity contribution >= 4 is 34.9 Å². The minimum absolute atomic E-state index is 0.00233. The second-order valence-corrected chi connectivity index (χ2v) is 9.42. The molecule has 1 aliphatic heterocycles. The van der Waals surface area contributed by atoms with Gasteiger partial charge in [0.1, 0.15) is 22.1 Å². The zero-order chi connectivity index (χ0) is 26.5. The number of primary amides is 1. The van der Waals surface area contributed by atoms with E-state index in [4.69, 9.17) is 25.4 Å². The quantitative estimate of drug-likeness (QED) is 0.362. The van der Waals surface area contributed by atoms with Crippen LogP contribution < -0.4 is 21.5 Å². The van der Waals surface area contributed by atoms with Gasteiger partial charge in [-0.05, 0) is 61.1 Å². The van der Waals surface area contributed by atoms with Crippen molar-refractivity contribution in [2.75, 3.05) is 26.0 Å². The summed E-state index contributed by atoms with van der Waals surface area (Å²) in [5.74, 6) is -0.372. The van der Waals surface area contributed by atoms with Crippen LogP contribution in [0.4, 0.5) is 5.69 Å². The molecule has 37 heavy (non-hydrogen) atoms. The van der Waals surface area contributed by atoms with Crippen molar-refractivity contribution in [2.45, 2.75) is 38.5 Å². The maximum atomic E-state index is 13.9. The number of hydrogen-bond acceptors (Lipinski definition) is 9. The molecule has 3 amide bonds. The maximum Gasteiger partial charge on any atom is 0.270 e. The van der Waals surface area contributed by atoms with Gasteiger partial charge in [-0.3, -0.25) is 14.4 Å². The maximum absolute atomic E-state index is 13.9. The number of rotatable bonds is 10. The smallest absolute Gasteiger partial charge is 0.270 e. The van der Waals surface area contributed by atoms with Crippen LogP contribution in [0.25, 0.3) is 0 Å². The van der Waals surface area contributed by atoms with Crippen molar-refractivity contribution in [1.82, 2.24) is 14.6 Å². The van der Waals surface area contributed by atoms with E-state index < -0.39 is 23.8 Å². The van der Waals surface area contributed by atoms with E-state index in [0.29, 0.717) is 24.7 Å². The van der Waals surface area contributed by atoms with Gasteiger partial charge in [0.25, 0.3) is 17.7 Å². The Balaban J connectivity index is 1.73. The Kier molecular flexibility index (Phi) is 8.09. The van der Waals surface area contributed by atoms with Gasteiger partial charge in [-0.25, -0.2) is 0 Å². The summed E-state index contributed by atoms with van der Waals surface area (Å²) in [6, 6.07) is 9.34. The molecule has 1 aliphatic rings. The number of carbonyl (C=O) groups excluding carboxylic acids is 3. The molecule has 0 spiro atoms. The topological polar surface area (TPSA) is 163 Å². The standard InChI is InChI=1S/C25H29N5O6S/c1-14-5-10-18(36-14)21(24(32)28-12-17-4-3-11-35-17)30(13-15-6-8-16(34-2)9-7-15)25(33)22-19(26)20(23(27)31)29-37-22/h5-10,17,21H,3-4,11-13,26H2,1-2H3,(H2,27,31)(H,28,32)/t17-,21+/m1/s1. The number of amides is 3. The van der Waals surface area contributed by atoms with Crippen LogP contribution in [0.1, 0.15) is 56.1 Å². The number of nitrogen functional groups attached to an aromatic ring is 1. The van der Waals surface area contributed by atoms with E-state index >= 15 is 0 Å². The summed E-state index contributed by atoms with van der Waals surface area (Å²) in [4.78, 5) is 40.6. The Labute approximate surface area is 217 Å². The molecule has 1 fully saturated rings. The van der Waals surface area contributed by atoms with Crippen LogP contribution >= 0.6 is 11.5 Å². The van der Waals surface area contributed by atoms with Gasteiger partial charge in [-0.15, -0.1) is 0 Å². The molecule has 2 atom stereocenters. The number of nitrogens with two attached hydrogens (primary N) is 2. The third kappa shape index (κ3) is 5.92. The molecule has 2 aromatic heterocycles. The van der Waals surface area contributed by atoms with Crippen LogP contribution in [0.5, 0.6) is 5.75 Å². The number of aryl methyl sites for hydroxylation is 1. The summed E-state index contributed by atoms with van der Waals surface area (Å²) in [5.41, 5.74) is 11.8. The van der Waals surface area contributed by atoms with Gasteiger partial charge >= 0.3 is 0 Å². The van der Waals surface area contributed by atoms with Crippen LogP contribution in [0, 0.1) is 6.92 Å². The predicted octanol–water partition coefficient (Wildman–Crippen LogP) is 2.41. The molecule has 4 rings (SSSR count). The first-order chi connectivity index (χ1) is 17.8. The highest BCUT2D eigenvalue weighted by Crippen LogP contribution is 2.31. The van der Waals surface area contributed by atoms with Gasteiger partial charge in [0.05, 0.1) is 18.9 Å². The molecule has 3 heterocycles. The Morgan fingerprint density at radius 3 is 2.57 bits per heavy atom. The first kappa shape index (κ1) is 26.2. The molecule has 0 saturated carbocycles. The molecule has 0 unspecified atom stereocenters. The lowest BCUT2D eigenvalue weighted by atomic mass is 10.1. The largest absolute Gasteiger partial charge is 0.497 e. The Hall–Kier alpha value is -3.90. The molecule has 0 radical (unpaired) electrons. The number of anilines is 1. The lowest BCUT2D eigenvalue weighted by Gasteiger charge is -2.30. The molecule has 3 aromatic rings. The van der Waals surface area contributed by atoms with E-state index in [1.54, 1.807) is 50.4 Å². The van der Waals surface area contributed by atoms with Crippen molar-refractivity contribution in [2.24, 2.45) is 5.73 Å². The van der Waals surface area contributed by atoms with Crippen molar-refractivity contribution < 1.29 is 28.3 Å². The van der Waals surface area contributed by atoms with Crippen molar-refractivity contribution in [3.8, 4) is 5.75 Å². The molecule has 196 valence electrons. The second kappa shape index (κ2) is 11.4. The number of methoxy groups -OCH3 is 1. The number of ether oxygens (including phenoxy) is 2. The van der Waals surface area contributed by atoms with E-state index in [-0.39, 0.29) is 34.7 Å². The van der Waals surface area contributed by atoms with E-state index in [9.17, 15) is 14.4 Å². The summed E-state index contributed by atoms with van der Waals surface area (Å²) >= 11 is 0.751. The summed E-state index contributed by atoms with van der Waals surface area (Å²) < 4.78 is 20.6. The zero-order valence-electron chi connectivity index (χ0n) is 20.6. The first-order valence-electron chi connectivity index (χ1n) is 11.7. The molecule has 5 N–H and O–H groups in total. The van der Waals surface area contributed by atoms with E-state index in [1.165, 1.54) is 4.90 Å². The van der Waals surface area contributed by atoms with Gasteiger partial charge in [-0.1, -0.05) is 12.1 Å². The summed E-state index contributed by atoms with van der Waals surface area (Å²) in [6.45, 7) is 2.73. The van der Waals surface area contributed by atoms with E-state index in [1.807, 2.05) is 0 Å².